The molecule has 0 unspecified atom stereocenters. The second-order valence-corrected chi connectivity index (χ2v) is 7.25. The first kappa shape index (κ1) is 20.0. The SMILES string of the molecule is OC(CN1CCC(n2cnc3cnc4[nH]ccc4c32)CC1)(C(F)(F)F)C(F)(F)F. The van der Waals surface area contributed by atoms with E-state index in [1.807, 2.05) is 10.6 Å². The molecule has 0 radical (unpaired) electrons. The van der Waals surface area contributed by atoms with Gasteiger partial charge in [0, 0.05) is 37.3 Å². The summed E-state index contributed by atoms with van der Waals surface area (Å²) in [5.41, 5.74) is -2.62. The Balaban J connectivity index is 1.53. The molecule has 3 aromatic rings. The van der Waals surface area contributed by atoms with Gasteiger partial charge in [-0.15, -0.1) is 0 Å². The molecule has 4 heterocycles. The minimum Gasteiger partial charge on any atom is -0.373 e. The molecular formula is C17H17F6N5O. The zero-order chi connectivity index (χ0) is 21.0. The van der Waals surface area contributed by atoms with E-state index in [2.05, 4.69) is 15.0 Å². The van der Waals surface area contributed by atoms with E-state index < -0.39 is 24.5 Å². The molecule has 0 atom stereocenters. The summed E-state index contributed by atoms with van der Waals surface area (Å²) in [5, 5.41) is 10.2. The number of alkyl halides is 6. The number of H-pyrrole nitrogens is 1. The summed E-state index contributed by atoms with van der Waals surface area (Å²) < 4.78 is 79.5. The highest BCUT2D eigenvalue weighted by molar-refractivity contribution is 6.00. The molecule has 0 aliphatic carbocycles. The van der Waals surface area contributed by atoms with Crippen molar-refractivity contribution in [1.82, 2.24) is 24.4 Å². The van der Waals surface area contributed by atoms with E-state index in [0.717, 1.165) is 15.8 Å². The van der Waals surface area contributed by atoms with Crippen LogP contribution in [0.3, 0.4) is 0 Å². The minimum atomic E-state index is -5.81. The molecule has 2 N–H and O–H groups in total. The van der Waals surface area contributed by atoms with Gasteiger partial charge in [-0.25, -0.2) is 9.97 Å². The van der Waals surface area contributed by atoms with E-state index in [1.54, 1.807) is 18.7 Å². The number of aromatic nitrogens is 4. The number of hydrogen-bond acceptors (Lipinski definition) is 4. The summed E-state index contributed by atoms with van der Waals surface area (Å²) in [7, 11) is 0. The summed E-state index contributed by atoms with van der Waals surface area (Å²) >= 11 is 0. The van der Waals surface area contributed by atoms with E-state index in [0.29, 0.717) is 24.0 Å². The number of hydrogen-bond donors (Lipinski definition) is 2. The molecule has 12 heteroatoms. The molecule has 6 nitrogen and oxygen atoms in total. The monoisotopic (exact) mass is 421 g/mol. The van der Waals surface area contributed by atoms with Crippen molar-refractivity contribution in [2.75, 3.05) is 19.6 Å². The fourth-order valence-electron chi connectivity index (χ4n) is 3.83. The number of pyridine rings is 1. The molecule has 4 rings (SSSR count). The van der Waals surface area contributed by atoms with Crippen molar-refractivity contribution in [2.24, 2.45) is 0 Å². The van der Waals surface area contributed by atoms with E-state index >= 15 is 0 Å². The number of likely N-dealkylation sites (tertiary alicyclic amines) is 1. The van der Waals surface area contributed by atoms with Crippen molar-refractivity contribution in [3.05, 3.63) is 24.8 Å². The van der Waals surface area contributed by atoms with E-state index in [9.17, 15) is 31.4 Å². The first-order valence-corrected chi connectivity index (χ1v) is 8.88. The predicted octanol–water partition coefficient (Wildman–Crippen LogP) is 3.41. The van der Waals surface area contributed by atoms with Crippen LogP contribution >= 0.6 is 0 Å². The molecule has 0 aromatic carbocycles. The van der Waals surface area contributed by atoms with Gasteiger partial charge >= 0.3 is 12.4 Å². The van der Waals surface area contributed by atoms with E-state index in [1.165, 1.54) is 0 Å². The number of rotatable bonds is 3. The number of piperidine rings is 1. The van der Waals surface area contributed by atoms with Crippen LogP contribution in [0.5, 0.6) is 0 Å². The molecule has 0 amide bonds. The summed E-state index contributed by atoms with van der Waals surface area (Å²) in [6.07, 6.45) is -6.03. The standard InChI is InChI=1S/C17H17F6N5O/c18-16(19,20)15(29,17(21,22)23)8-27-5-2-10(3-6-27)28-9-26-12-7-25-14-11(13(12)28)1-4-24-14/h1,4,7,9-10,29H,2-3,5-6,8H2,(H,24,25). The third-order valence-electron chi connectivity index (χ3n) is 5.46. The molecule has 1 fully saturated rings. The fraction of sp³-hybridized carbons (Fsp3) is 0.529. The molecule has 3 aromatic heterocycles. The van der Waals surface area contributed by atoms with Gasteiger partial charge in [0.2, 0.25) is 0 Å². The highest BCUT2D eigenvalue weighted by Gasteiger charge is 2.70. The number of β-amino-alcohol motifs (C(OH)–C–C–N with tert-alkyl or cyclic N) is 1. The van der Waals surface area contributed by atoms with Crippen molar-refractivity contribution in [3.63, 3.8) is 0 Å². The number of aromatic amines is 1. The molecule has 29 heavy (non-hydrogen) atoms. The second-order valence-electron chi connectivity index (χ2n) is 7.25. The van der Waals surface area contributed by atoms with Crippen LogP contribution in [-0.4, -0.2) is 67.1 Å². The molecule has 158 valence electrons. The van der Waals surface area contributed by atoms with Crippen molar-refractivity contribution >= 4 is 22.1 Å². The maximum atomic E-state index is 12.9. The van der Waals surface area contributed by atoms with Gasteiger partial charge in [0.25, 0.3) is 5.60 Å². The lowest BCUT2D eigenvalue weighted by molar-refractivity contribution is -0.371. The predicted molar refractivity (Wildman–Crippen MR) is 91.2 cm³/mol. The lowest BCUT2D eigenvalue weighted by Gasteiger charge is -2.39. The Hall–Kier alpha value is -2.34. The molecule has 1 aliphatic heterocycles. The number of imidazole rings is 1. The molecule has 0 saturated carbocycles. The van der Waals surface area contributed by atoms with Crippen molar-refractivity contribution in [2.45, 2.75) is 36.8 Å². The average molecular weight is 421 g/mol. The van der Waals surface area contributed by atoms with Crippen LogP contribution in [0.2, 0.25) is 0 Å². The van der Waals surface area contributed by atoms with Gasteiger partial charge in [-0.1, -0.05) is 0 Å². The van der Waals surface area contributed by atoms with Crippen molar-refractivity contribution in [3.8, 4) is 0 Å². The van der Waals surface area contributed by atoms with Crippen LogP contribution in [0.4, 0.5) is 26.3 Å². The van der Waals surface area contributed by atoms with Gasteiger partial charge < -0.3 is 14.7 Å². The minimum absolute atomic E-state index is 0.0137. The lowest BCUT2D eigenvalue weighted by atomic mass is 9.98. The van der Waals surface area contributed by atoms with Crippen molar-refractivity contribution < 1.29 is 31.4 Å². The summed E-state index contributed by atoms with van der Waals surface area (Å²) in [4.78, 5) is 12.5. The zero-order valence-corrected chi connectivity index (χ0v) is 14.9. The van der Waals surface area contributed by atoms with Gasteiger partial charge in [-0.05, 0) is 18.9 Å². The summed E-state index contributed by atoms with van der Waals surface area (Å²) in [5.74, 6) is 0. The normalized spacial score (nSPS) is 18.2. The first-order chi connectivity index (χ1) is 13.5. The van der Waals surface area contributed by atoms with E-state index in [4.69, 9.17) is 0 Å². The van der Waals surface area contributed by atoms with Crippen LogP contribution < -0.4 is 0 Å². The highest BCUT2D eigenvalue weighted by Crippen LogP contribution is 2.44. The lowest BCUT2D eigenvalue weighted by Crippen LogP contribution is -2.63. The Morgan fingerprint density at radius 3 is 2.34 bits per heavy atom. The second kappa shape index (κ2) is 6.59. The molecule has 0 bridgehead atoms. The number of nitrogens with zero attached hydrogens (tertiary/aromatic N) is 4. The Kier molecular flexibility index (Phi) is 4.53. The van der Waals surface area contributed by atoms with Crippen LogP contribution in [0.15, 0.2) is 24.8 Å². The number of aliphatic hydroxyl groups is 1. The van der Waals surface area contributed by atoms with Crippen LogP contribution in [0.1, 0.15) is 18.9 Å². The van der Waals surface area contributed by atoms with Crippen LogP contribution in [0, 0.1) is 0 Å². The van der Waals surface area contributed by atoms with Crippen LogP contribution in [0.25, 0.3) is 22.1 Å². The average Bonchev–Trinajstić information content (AvgIpc) is 3.26. The quantitative estimate of drug-likeness (QED) is 0.636. The Morgan fingerprint density at radius 1 is 1.07 bits per heavy atom. The van der Waals surface area contributed by atoms with Gasteiger partial charge in [-0.2, -0.15) is 26.3 Å². The third kappa shape index (κ3) is 3.23. The molecule has 1 saturated heterocycles. The number of nitrogens with one attached hydrogen (secondary N) is 1. The van der Waals surface area contributed by atoms with Gasteiger partial charge in [0.05, 0.1) is 18.0 Å². The fourth-order valence-corrected chi connectivity index (χ4v) is 3.83. The van der Waals surface area contributed by atoms with Gasteiger partial charge in [-0.3, -0.25) is 4.90 Å². The largest absolute Gasteiger partial charge is 0.427 e. The zero-order valence-electron chi connectivity index (χ0n) is 14.9. The Labute approximate surface area is 160 Å². The summed E-state index contributed by atoms with van der Waals surface area (Å²) in [6, 6.07) is 1.70. The summed E-state index contributed by atoms with van der Waals surface area (Å²) in [6.45, 7) is -1.57. The topological polar surface area (TPSA) is 70.0 Å². The highest BCUT2D eigenvalue weighted by atomic mass is 19.4. The Morgan fingerprint density at radius 2 is 1.72 bits per heavy atom. The van der Waals surface area contributed by atoms with Gasteiger partial charge in [0.15, 0.2) is 0 Å². The van der Waals surface area contributed by atoms with Crippen molar-refractivity contribution in [1.29, 1.82) is 0 Å². The third-order valence-corrected chi connectivity index (χ3v) is 5.46. The maximum absolute atomic E-state index is 12.9. The molecular weight excluding hydrogens is 404 g/mol. The maximum Gasteiger partial charge on any atom is 0.427 e. The number of fused-ring (bicyclic) bond motifs is 3. The number of halogens is 6. The Bertz CT molecular complexity index is 1000. The van der Waals surface area contributed by atoms with Crippen LogP contribution in [-0.2, 0) is 0 Å². The first-order valence-electron chi connectivity index (χ1n) is 8.88. The molecule has 1 aliphatic rings. The van der Waals surface area contributed by atoms with E-state index in [-0.39, 0.29) is 19.1 Å². The van der Waals surface area contributed by atoms with Gasteiger partial charge in [0.1, 0.15) is 11.2 Å². The smallest absolute Gasteiger partial charge is 0.373 e. The molecule has 0 spiro atoms.